The second-order valence-electron chi connectivity index (χ2n) is 4.71. The lowest BCUT2D eigenvalue weighted by atomic mass is 9.91. The lowest BCUT2D eigenvalue weighted by Crippen LogP contribution is -2.22. The standard InChI is InChI=1S/C12H13FO2S/c13-11-3-1-2-10-9(8-4-5-8)6-7-16(14,15)12(10)11/h1-3,8-9H,4-7H2. The Morgan fingerprint density at radius 2 is 1.94 bits per heavy atom. The summed E-state index contributed by atoms with van der Waals surface area (Å²) in [5, 5.41) is 0. The Hall–Kier alpha value is -0.900. The van der Waals surface area contributed by atoms with Gasteiger partial charge in [-0.2, -0.15) is 0 Å². The van der Waals surface area contributed by atoms with Crippen molar-refractivity contribution in [2.75, 3.05) is 5.75 Å². The molecule has 2 aliphatic rings. The molecule has 1 atom stereocenters. The third-order valence-electron chi connectivity index (χ3n) is 3.60. The second-order valence-corrected chi connectivity index (χ2v) is 6.76. The molecule has 16 heavy (non-hydrogen) atoms. The Bertz CT molecular complexity index is 532. The zero-order valence-electron chi connectivity index (χ0n) is 8.82. The van der Waals surface area contributed by atoms with Crippen molar-refractivity contribution in [3.63, 3.8) is 0 Å². The molecule has 3 rings (SSSR count). The fourth-order valence-electron chi connectivity index (χ4n) is 2.67. The van der Waals surface area contributed by atoms with Crippen LogP contribution in [0.1, 0.15) is 30.7 Å². The van der Waals surface area contributed by atoms with Crippen LogP contribution in [0, 0.1) is 11.7 Å². The minimum absolute atomic E-state index is 0.0295. The van der Waals surface area contributed by atoms with Gasteiger partial charge < -0.3 is 0 Å². The summed E-state index contributed by atoms with van der Waals surface area (Å²) in [5.41, 5.74) is 0.716. The molecule has 1 aliphatic carbocycles. The van der Waals surface area contributed by atoms with Gasteiger partial charge in [-0.05, 0) is 42.7 Å². The molecule has 0 aromatic heterocycles. The summed E-state index contributed by atoms with van der Waals surface area (Å²) in [6.07, 6.45) is 2.96. The van der Waals surface area contributed by atoms with Gasteiger partial charge in [0.1, 0.15) is 10.7 Å². The van der Waals surface area contributed by atoms with Gasteiger partial charge in [0.05, 0.1) is 5.75 Å². The number of hydrogen-bond acceptors (Lipinski definition) is 2. The van der Waals surface area contributed by atoms with Crippen molar-refractivity contribution in [1.82, 2.24) is 0 Å². The maximum absolute atomic E-state index is 13.6. The molecule has 0 amide bonds. The molecule has 86 valence electrons. The Morgan fingerprint density at radius 1 is 1.19 bits per heavy atom. The number of fused-ring (bicyclic) bond motifs is 1. The van der Waals surface area contributed by atoms with E-state index in [0.717, 1.165) is 12.8 Å². The van der Waals surface area contributed by atoms with E-state index in [4.69, 9.17) is 0 Å². The van der Waals surface area contributed by atoms with E-state index >= 15 is 0 Å². The molecule has 2 nitrogen and oxygen atoms in total. The summed E-state index contributed by atoms with van der Waals surface area (Å²) >= 11 is 0. The van der Waals surface area contributed by atoms with Crippen LogP contribution in [0.15, 0.2) is 23.1 Å². The summed E-state index contributed by atoms with van der Waals surface area (Å²) in [5.74, 6) is 0.357. The smallest absolute Gasteiger partial charge is 0.181 e. The third kappa shape index (κ3) is 1.47. The van der Waals surface area contributed by atoms with Crippen LogP contribution in [0.25, 0.3) is 0 Å². The zero-order chi connectivity index (χ0) is 11.3. The minimum atomic E-state index is -3.39. The van der Waals surface area contributed by atoms with Gasteiger partial charge in [0.2, 0.25) is 0 Å². The van der Waals surface area contributed by atoms with Crippen molar-refractivity contribution in [1.29, 1.82) is 0 Å². The van der Waals surface area contributed by atoms with Gasteiger partial charge in [-0.1, -0.05) is 12.1 Å². The van der Waals surface area contributed by atoms with Crippen LogP contribution in [-0.4, -0.2) is 14.2 Å². The van der Waals surface area contributed by atoms with Gasteiger partial charge in [0, 0.05) is 0 Å². The molecule has 1 fully saturated rings. The van der Waals surface area contributed by atoms with Crippen LogP contribution in [-0.2, 0) is 9.84 Å². The maximum Gasteiger partial charge on any atom is 0.181 e. The summed E-state index contributed by atoms with van der Waals surface area (Å²) in [6, 6.07) is 4.63. The van der Waals surface area contributed by atoms with Gasteiger partial charge >= 0.3 is 0 Å². The highest BCUT2D eigenvalue weighted by molar-refractivity contribution is 7.91. The molecule has 1 heterocycles. The van der Waals surface area contributed by atoms with Gasteiger partial charge in [0.15, 0.2) is 9.84 Å². The predicted octanol–water partition coefficient (Wildman–Crippen LogP) is 2.50. The largest absolute Gasteiger partial charge is 0.224 e. The number of rotatable bonds is 1. The normalized spacial score (nSPS) is 27.4. The highest BCUT2D eigenvalue weighted by Crippen LogP contribution is 2.48. The number of halogens is 1. The minimum Gasteiger partial charge on any atom is -0.224 e. The fourth-order valence-corrected chi connectivity index (χ4v) is 4.39. The lowest BCUT2D eigenvalue weighted by Gasteiger charge is -2.25. The number of benzene rings is 1. The SMILES string of the molecule is O=S1(=O)CCC(C2CC2)c2cccc(F)c21. The van der Waals surface area contributed by atoms with Crippen LogP contribution in [0.4, 0.5) is 4.39 Å². The van der Waals surface area contributed by atoms with E-state index in [9.17, 15) is 12.8 Å². The first-order chi connectivity index (χ1) is 7.59. The first-order valence-electron chi connectivity index (χ1n) is 5.61. The van der Waals surface area contributed by atoms with E-state index in [0.29, 0.717) is 17.9 Å². The van der Waals surface area contributed by atoms with Crippen LogP contribution in [0.5, 0.6) is 0 Å². The van der Waals surface area contributed by atoms with Crippen LogP contribution < -0.4 is 0 Å². The van der Waals surface area contributed by atoms with E-state index in [2.05, 4.69) is 0 Å². The van der Waals surface area contributed by atoms with Crippen LogP contribution in [0.3, 0.4) is 0 Å². The van der Waals surface area contributed by atoms with Crippen LogP contribution in [0.2, 0.25) is 0 Å². The van der Waals surface area contributed by atoms with Crippen molar-refractivity contribution in [2.24, 2.45) is 5.92 Å². The lowest BCUT2D eigenvalue weighted by molar-refractivity contribution is 0.508. The quantitative estimate of drug-likeness (QED) is 0.755. The fraction of sp³-hybridized carbons (Fsp3) is 0.500. The molecule has 1 aliphatic heterocycles. The van der Waals surface area contributed by atoms with E-state index in [1.807, 2.05) is 0 Å². The molecule has 4 heteroatoms. The second kappa shape index (κ2) is 3.29. The van der Waals surface area contributed by atoms with E-state index in [-0.39, 0.29) is 16.6 Å². The van der Waals surface area contributed by atoms with Crippen LogP contribution >= 0.6 is 0 Å². The molecule has 1 saturated carbocycles. The first-order valence-corrected chi connectivity index (χ1v) is 7.26. The molecule has 1 aromatic carbocycles. The topological polar surface area (TPSA) is 34.1 Å². The molecule has 1 unspecified atom stereocenters. The molecule has 0 saturated heterocycles. The molecular formula is C12H13FO2S. The van der Waals surface area contributed by atoms with Gasteiger partial charge in [0.25, 0.3) is 0 Å². The van der Waals surface area contributed by atoms with E-state index in [1.54, 1.807) is 12.1 Å². The molecule has 0 radical (unpaired) electrons. The Labute approximate surface area is 94.4 Å². The van der Waals surface area contributed by atoms with E-state index in [1.165, 1.54) is 6.07 Å². The van der Waals surface area contributed by atoms with Crippen molar-refractivity contribution < 1.29 is 12.8 Å². The molecular weight excluding hydrogens is 227 g/mol. The van der Waals surface area contributed by atoms with Gasteiger partial charge in [-0.25, -0.2) is 12.8 Å². The maximum atomic E-state index is 13.6. The summed E-state index contributed by atoms with van der Waals surface area (Å²) in [7, 11) is -3.39. The van der Waals surface area contributed by atoms with Gasteiger partial charge in [-0.15, -0.1) is 0 Å². The molecule has 0 N–H and O–H groups in total. The highest BCUT2D eigenvalue weighted by Gasteiger charge is 2.40. The molecule has 0 spiro atoms. The average molecular weight is 240 g/mol. The molecule has 0 bridgehead atoms. The average Bonchev–Trinajstić information content (AvgIpc) is 3.01. The Morgan fingerprint density at radius 3 is 2.62 bits per heavy atom. The summed E-state index contributed by atoms with van der Waals surface area (Å²) in [6.45, 7) is 0. The van der Waals surface area contributed by atoms with E-state index < -0.39 is 15.7 Å². The van der Waals surface area contributed by atoms with Crippen molar-refractivity contribution in [3.8, 4) is 0 Å². The monoisotopic (exact) mass is 240 g/mol. The third-order valence-corrected chi connectivity index (χ3v) is 5.42. The zero-order valence-corrected chi connectivity index (χ0v) is 9.63. The Balaban J connectivity index is 2.21. The predicted molar refractivity (Wildman–Crippen MR) is 58.5 cm³/mol. The number of hydrogen-bond donors (Lipinski definition) is 0. The summed E-state index contributed by atoms with van der Waals surface area (Å²) < 4.78 is 37.3. The molecule has 1 aromatic rings. The van der Waals surface area contributed by atoms with Crippen molar-refractivity contribution in [2.45, 2.75) is 30.1 Å². The van der Waals surface area contributed by atoms with Gasteiger partial charge in [-0.3, -0.25) is 0 Å². The summed E-state index contributed by atoms with van der Waals surface area (Å²) in [4.78, 5) is -0.0295. The number of sulfone groups is 1. The first kappa shape index (κ1) is 10.3. The van der Waals surface area contributed by atoms with Crippen molar-refractivity contribution >= 4 is 9.84 Å². The highest BCUT2D eigenvalue weighted by atomic mass is 32.2. The van der Waals surface area contributed by atoms with Crippen molar-refractivity contribution in [3.05, 3.63) is 29.6 Å². The Kier molecular flexibility index (Phi) is 2.11.